The number of benzene rings is 1. The molecule has 0 saturated heterocycles. The highest BCUT2D eigenvalue weighted by atomic mass is 16.3. The van der Waals surface area contributed by atoms with Crippen molar-refractivity contribution >= 4 is 0 Å². The molecule has 2 N–H and O–H groups in total. The Bertz CT molecular complexity index is 354. The maximum atomic E-state index is 10.3. The Labute approximate surface area is 96.9 Å². The summed E-state index contributed by atoms with van der Waals surface area (Å²) in [5.74, 6) is 0.556. The van der Waals surface area contributed by atoms with Crippen molar-refractivity contribution in [1.82, 2.24) is 0 Å². The number of para-hydroxylation sites is 1. The summed E-state index contributed by atoms with van der Waals surface area (Å²) in [6, 6.07) is 7.42. The van der Waals surface area contributed by atoms with Crippen molar-refractivity contribution in [3.05, 3.63) is 29.8 Å². The Hall–Kier alpha value is -1.02. The van der Waals surface area contributed by atoms with Crippen LogP contribution in [-0.4, -0.2) is 15.8 Å². The van der Waals surface area contributed by atoms with Crippen molar-refractivity contribution < 1.29 is 10.2 Å². The average molecular weight is 220 g/mol. The van der Waals surface area contributed by atoms with Crippen LogP contribution in [0.15, 0.2) is 24.3 Å². The van der Waals surface area contributed by atoms with Crippen LogP contribution in [0.5, 0.6) is 5.75 Å². The third-order valence-electron chi connectivity index (χ3n) is 3.69. The zero-order valence-electron chi connectivity index (χ0n) is 9.82. The number of aromatic hydroxyl groups is 1. The van der Waals surface area contributed by atoms with Gasteiger partial charge in [0.1, 0.15) is 5.75 Å². The topological polar surface area (TPSA) is 40.5 Å². The molecular formula is C14H20O2. The monoisotopic (exact) mass is 220 g/mol. The van der Waals surface area contributed by atoms with Crippen LogP contribution in [0, 0.1) is 0 Å². The molecular weight excluding hydrogens is 200 g/mol. The lowest BCUT2D eigenvalue weighted by Crippen LogP contribution is -2.26. The van der Waals surface area contributed by atoms with Crippen LogP contribution in [0.25, 0.3) is 0 Å². The Kier molecular flexibility index (Phi) is 3.20. The summed E-state index contributed by atoms with van der Waals surface area (Å²) in [5.41, 5.74) is 0.449. The van der Waals surface area contributed by atoms with Gasteiger partial charge < -0.3 is 10.2 Å². The molecule has 0 amide bonds. The molecule has 0 aliphatic heterocycles. The number of hydrogen-bond donors (Lipinski definition) is 2. The van der Waals surface area contributed by atoms with E-state index in [0.717, 1.165) is 37.7 Å². The summed E-state index contributed by atoms with van der Waals surface area (Å²) in [6.45, 7) is 2.07. The zero-order chi connectivity index (χ0) is 11.6. The number of aliphatic hydroxyl groups is 1. The molecule has 0 bridgehead atoms. The van der Waals surface area contributed by atoms with E-state index in [2.05, 4.69) is 6.92 Å². The molecule has 1 aromatic carbocycles. The summed E-state index contributed by atoms with van der Waals surface area (Å²) in [5, 5.41) is 20.1. The van der Waals surface area contributed by atoms with Gasteiger partial charge in [0.2, 0.25) is 0 Å². The van der Waals surface area contributed by atoms with Gasteiger partial charge in [-0.15, -0.1) is 0 Å². The van der Waals surface area contributed by atoms with E-state index in [9.17, 15) is 10.2 Å². The Morgan fingerprint density at radius 2 is 1.88 bits per heavy atom. The minimum absolute atomic E-state index is 0.212. The van der Waals surface area contributed by atoms with Crippen molar-refractivity contribution in [2.45, 2.75) is 50.5 Å². The SMILES string of the molecule is CC(CC1(O)CCCC1)c1ccccc1O. The lowest BCUT2D eigenvalue weighted by molar-refractivity contribution is 0.0329. The number of hydrogen-bond acceptors (Lipinski definition) is 2. The smallest absolute Gasteiger partial charge is 0.119 e. The fourth-order valence-electron chi connectivity index (χ4n) is 2.82. The quantitative estimate of drug-likeness (QED) is 0.821. The van der Waals surface area contributed by atoms with Crippen LogP contribution in [0.2, 0.25) is 0 Å². The standard InChI is InChI=1S/C14H20O2/c1-11(10-14(16)8-4-5-9-14)12-6-2-3-7-13(12)15/h2-3,6-7,11,15-16H,4-5,8-10H2,1H3. The Morgan fingerprint density at radius 3 is 2.50 bits per heavy atom. The van der Waals surface area contributed by atoms with Gasteiger partial charge in [0.05, 0.1) is 5.60 Å². The van der Waals surface area contributed by atoms with Gasteiger partial charge in [-0.2, -0.15) is 0 Å². The third-order valence-corrected chi connectivity index (χ3v) is 3.69. The van der Waals surface area contributed by atoms with Crippen molar-refractivity contribution in [2.75, 3.05) is 0 Å². The van der Waals surface area contributed by atoms with Crippen LogP contribution < -0.4 is 0 Å². The summed E-state index contributed by atoms with van der Waals surface area (Å²) in [7, 11) is 0. The summed E-state index contributed by atoms with van der Waals surface area (Å²) >= 11 is 0. The molecule has 1 fully saturated rings. The summed E-state index contributed by atoms with van der Waals surface area (Å²) in [6.07, 6.45) is 4.83. The van der Waals surface area contributed by atoms with E-state index in [0.29, 0.717) is 5.75 Å². The Balaban J connectivity index is 2.08. The molecule has 0 radical (unpaired) electrons. The molecule has 1 aliphatic carbocycles. The van der Waals surface area contributed by atoms with Gasteiger partial charge in [-0.25, -0.2) is 0 Å². The normalized spacial score (nSPS) is 20.9. The first kappa shape index (κ1) is 11.5. The largest absolute Gasteiger partial charge is 0.508 e. The first-order valence-corrected chi connectivity index (χ1v) is 6.11. The molecule has 1 unspecified atom stereocenters. The average Bonchev–Trinajstić information content (AvgIpc) is 2.65. The molecule has 1 aliphatic rings. The van der Waals surface area contributed by atoms with Gasteiger partial charge in [0.15, 0.2) is 0 Å². The molecule has 2 nitrogen and oxygen atoms in total. The van der Waals surface area contributed by atoms with Crippen molar-refractivity contribution in [2.24, 2.45) is 0 Å². The van der Waals surface area contributed by atoms with E-state index >= 15 is 0 Å². The van der Waals surface area contributed by atoms with Gasteiger partial charge in [-0.3, -0.25) is 0 Å². The third kappa shape index (κ3) is 2.38. The molecule has 1 aromatic rings. The molecule has 16 heavy (non-hydrogen) atoms. The van der Waals surface area contributed by atoms with Gasteiger partial charge in [-0.05, 0) is 36.8 Å². The molecule has 0 aromatic heterocycles. The number of phenols is 1. The molecule has 2 heteroatoms. The van der Waals surface area contributed by atoms with Gasteiger partial charge in [0.25, 0.3) is 0 Å². The molecule has 2 rings (SSSR count). The molecule has 1 saturated carbocycles. The second-order valence-electron chi connectivity index (χ2n) is 5.10. The van der Waals surface area contributed by atoms with Gasteiger partial charge in [0, 0.05) is 0 Å². The molecule has 88 valence electrons. The lowest BCUT2D eigenvalue weighted by Gasteiger charge is -2.26. The van der Waals surface area contributed by atoms with Crippen molar-refractivity contribution in [3.8, 4) is 5.75 Å². The van der Waals surface area contributed by atoms with E-state index in [4.69, 9.17) is 0 Å². The fourth-order valence-corrected chi connectivity index (χ4v) is 2.82. The second kappa shape index (κ2) is 4.46. The van der Waals surface area contributed by atoms with Crippen LogP contribution >= 0.6 is 0 Å². The van der Waals surface area contributed by atoms with Crippen LogP contribution in [-0.2, 0) is 0 Å². The maximum absolute atomic E-state index is 10.3. The highest BCUT2D eigenvalue weighted by Crippen LogP contribution is 2.39. The highest BCUT2D eigenvalue weighted by Gasteiger charge is 2.33. The first-order chi connectivity index (χ1) is 7.61. The van der Waals surface area contributed by atoms with Crippen molar-refractivity contribution in [1.29, 1.82) is 0 Å². The predicted molar refractivity (Wildman–Crippen MR) is 64.6 cm³/mol. The number of rotatable bonds is 3. The van der Waals surface area contributed by atoms with Crippen LogP contribution in [0.1, 0.15) is 50.5 Å². The Morgan fingerprint density at radius 1 is 1.25 bits per heavy atom. The lowest BCUT2D eigenvalue weighted by atomic mass is 9.86. The molecule has 1 atom stereocenters. The second-order valence-corrected chi connectivity index (χ2v) is 5.10. The summed E-state index contributed by atoms with van der Waals surface area (Å²) < 4.78 is 0. The highest BCUT2D eigenvalue weighted by molar-refractivity contribution is 5.34. The predicted octanol–water partition coefficient (Wildman–Crippen LogP) is 3.19. The van der Waals surface area contributed by atoms with E-state index in [1.54, 1.807) is 6.07 Å². The maximum Gasteiger partial charge on any atom is 0.119 e. The van der Waals surface area contributed by atoms with Crippen LogP contribution in [0.3, 0.4) is 0 Å². The fraction of sp³-hybridized carbons (Fsp3) is 0.571. The van der Waals surface area contributed by atoms with E-state index < -0.39 is 5.60 Å². The first-order valence-electron chi connectivity index (χ1n) is 6.11. The van der Waals surface area contributed by atoms with E-state index in [1.807, 2.05) is 18.2 Å². The molecule has 0 heterocycles. The minimum atomic E-state index is -0.498. The van der Waals surface area contributed by atoms with Gasteiger partial charge in [-0.1, -0.05) is 38.0 Å². The zero-order valence-corrected chi connectivity index (χ0v) is 9.82. The molecule has 0 spiro atoms. The van der Waals surface area contributed by atoms with Gasteiger partial charge >= 0.3 is 0 Å². The minimum Gasteiger partial charge on any atom is -0.508 e. The summed E-state index contributed by atoms with van der Waals surface area (Å²) in [4.78, 5) is 0. The van der Waals surface area contributed by atoms with E-state index in [-0.39, 0.29) is 5.92 Å². The van der Waals surface area contributed by atoms with E-state index in [1.165, 1.54) is 0 Å². The van der Waals surface area contributed by atoms with Crippen molar-refractivity contribution in [3.63, 3.8) is 0 Å². The number of phenolic OH excluding ortho intramolecular Hbond substituents is 1. The van der Waals surface area contributed by atoms with Crippen LogP contribution in [0.4, 0.5) is 0 Å².